The zero-order chi connectivity index (χ0) is 14.4. The molecule has 1 atom stereocenters. The number of nitrogens with zero attached hydrogens (tertiary/aromatic N) is 1. The van der Waals surface area contributed by atoms with Crippen LogP contribution < -0.4 is 10.1 Å². The van der Waals surface area contributed by atoms with Crippen LogP contribution >= 0.6 is 0 Å². The molecule has 1 N–H and O–H groups in total. The van der Waals surface area contributed by atoms with Crippen LogP contribution in [-0.2, 0) is 6.42 Å². The Kier molecular flexibility index (Phi) is 5.07. The van der Waals surface area contributed by atoms with Gasteiger partial charge in [-0.1, -0.05) is 6.07 Å². The molecule has 1 aromatic heterocycles. The Labute approximate surface area is 118 Å². The highest BCUT2D eigenvalue weighted by atomic mass is 19.1. The number of ether oxygens (including phenoxy) is 1. The summed E-state index contributed by atoms with van der Waals surface area (Å²) in [5, 5.41) is 3.32. The molecule has 0 saturated carbocycles. The van der Waals surface area contributed by atoms with E-state index in [2.05, 4.69) is 10.3 Å². The number of pyridine rings is 1. The lowest BCUT2D eigenvalue weighted by Crippen LogP contribution is -2.22. The lowest BCUT2D eigenvalue weighted by molar-refractivity contribution is 0.409. The highest BCUT2D eigenvalue weighted by Crippen LogP contribution is 2.21. The van der Waals surface area contributed by atoms with E-state index < -0.39 is 0 Å². The Bertz CT molecular complexity index is 545. The summed E-state index contributed by atoms with van der Waals surface area (Å²) in [6.45, 7) is 2.74. The van der Waals surface area contributed by atoms with Crippen molar-refractivity contribution in [3.63, 3.8) is 0 Å². The van der Waals surface area contributed by atoms with Crippen molar-refractivity contribution in [2.45, 2.75) is 19.4 Å². The van der Waals surface area contributed by atoms with Crippen LogP contribution in [0.25, 0.3) is 0 Å². The molecule has 1 unspecified atom stereocenters. The first kappa shape index (κ1) is 14.5. The third-order valence-corrected chi connectivity index (χ3v) is 3.29. The summed E-state index contributed by atoms with van der Waals surface area (Å²) in [4.78, 5) is 3.98. The first-order chi connectivity index (χ1) is 9.70. The van der Waals surface area contributed by atoms with Gasteiger partial charge in [-0.2, -0.15) is 0 Å². The third-order valence-electron chi connectivity index (χ3n) is 3.29. The first-order valence-corrected chi connectivity index (χ1v) is 6.66. The summed E-state index contributed by atoms with van der Waals surface area (Å²) in [5.41, 5.74) is 1.87. The summed E-state index contributed by atoms with van der Waals surface area (Å²) in [6.07, 6.45) is 4.45. The van der Waals surface area contributed by atoms with Crippen molar-refractivity contribution in [1.82, 2.24) is 10.3 Å². The Balaban J connectivity index is 1.90. The van der Waals surface area contributed by atoms with Gasteiger partial charge in [-0.05, 0) is 43.7 Å². The molecule has 20 heavy (non-hydrogen) atoms. The van der Waals surface area contributed by atoms with E-state index in [4.69, 9.17) is 4.74 Å². The molecular formula is C16H19FN2O. The first-order valence-electron chi connectivity index (χ1n) is 6.66. The SMILES string of the molecule is COc1ccc(C(C)NCCc2ccncc2)c(F)c1. The number of benzene rings is 1. The highest BCUT2D eigenvalue weighted by molar-refractivity contribution is 5.30. The molecule has 0 aliphatic rings. The predicted molar refractivity (Wildman–Crippen MR) is 77.3 cm³/mol. The van der Waals surface area contributed by atoms with Crippen molar-refractivity contribution in [3.8, 4) is 5.75 Å². The van der Waals surface area contributed by atoms with Gasteiger partial charge in [-0.25, -0.2) is 4.39 Å². The monoisotopic (exact) mass is 274 g/mol. The van der Waals surface area contributed by atoms with Gasteiger partial charge in [-0.15, -0.1) is 0 Å². The Morgan fingerprint density at radius 1 is 1.25 bits per heavy atom. The van der Waals surface area contributed by atoms with E-state index in [-0.39, 0.29) is 11.9 Å². The van der Waals surface area contributed by atoms with Gasteiger partial charge in [0, 0.05) is 30.1 Å². The van der Waals surface area contributed by atoms with Gasteiger partial charge in [0.2, 0.25) is 0 Å². The van der Waals surface area contributed by atoms with Crippen LogP contribution in [0.3, 0.4) is 0 Å². The molecule has 0 bridgehead atoms. The Morgan fingerprint density at radius 2 is 2.00 bits per heavy atom. The second kappa shape index (κ2) is 7.01. The molecule has 0 aliphatic carbocycles. The van der Waals surface area contributed by atoms with Crippen LogP contribution in [0.15, 0.2) is 42.7 Å². The van der Waals surface area contributed by atoms with Crippen LogP contribution in [0.4, 0.5) is 4.39 Å². The Hall–Kier alpha value is -1.94. The number of aromatic nitrogens is 1. The maximum Gasteiger partial charge on any atom is 0.131 e. The van der Waals surface area contributed by atoms with Gasteiger partial charge in [0.15, 0.2) is 0 Å². The molecule has 106 valence electrons. The normalized spacial score (nSPS) is 12.2. The van der Waals surface area contributed by atoms with Gasteiger partial charge in [0.1, 0.15) is 11.6 Å². The minimum atomic E-state index is -0.242. The van der Waals surface area contributed by atoms with Crippen LogP contribution in [-0.4, -0.2) is 18.6 Å². The highest BCUT2D eigenvalue weighted by Gasteiger charge is 2.11. The number of halogens is 1. The second-order valence-corrected chi connectivity index (χ2v) is 4.67. The van der Waals surface area contributed by atoms with Crippen molar-refractivity contribution in [2.75, 3.05) is 13.7 Å². The predicted octanol–water partition coefficient (Wildman–Crippen LogP) is 3.12. The van der Waals surface area contributed by atoms with E-state index in [1.807, 2.05) is 19.1 Å². The van der Waals surface area contributed by atoms with Gasteiger partial charge >= 0.3 is 0 Å². The summed E-state index contributed by atoms with van der Waals surface area (Å²) in [5.74, 6) is 0.295. The molecule has 3 nitrogen and oxygen atoms in total. The molecule has 4 heteroatoms. The fourth-order valence-corrected chi connectivity index (χ4v) is 2.08. The minimum Gasteiger partial charge on any atom is -0.497 e. The standard InChI is InChI=1S/C16H19FN2O/c1-12(15-4-3-14(20-2)11-16(15)17)19-10-7-13-5-8-18-9-6-13/h3-6,8-9,11-12,19H,7,10H2,1-2H3. The molecule has 0 aliphatic heterocycles. The third kappa shape index (κ3) is 3.78. The molecule has 1 aromatic carbocycles. The average molecular weight is 274 g/mol. The largest absolute Gasteiger partial charge is 0.497 e. The Morgan fingerprint density at radius 3 is 2.65 bits per heavy atom. The molecule has 0 radical (unpaired) electrons. The van der Waals surface area contributed by atoms with Crippen LogP contribution in [0.2, 0.25) is 0 Å². The number of methoxy groups -OCH3 is 1. The maximum absolute atomic E-state index is 13.9. The molecule has 0 fully saturated rings. The van der Waals surface area contributed by atoms with Gasteiger partial charge in [0.25, 0.3) is 0 Å². The van der Waals surface area contributed by atoms with E-state index in [1.165, 1.54) is 18.7 Å². The summed E-state index contributed by atoms with van der Waals surface area (Å²) in [7, 11) is 1.53. The molecule has 0 amide bonds. The van der Waals surface area contributed by atoms with Gasteiger partial charge in [-0.3, -0.25) is 4.98 Å². The molecule has 0 spiro atoms. The van der Waals surface area contributed by atoms with E-state index in [0.29, 0.717) is 11.3 Å². The van der Waals surface area contributed by atoms with Crippen molar-refractivity contribution < 1.29 is 9.13 Å². The molecule has 2 aromatic rings. The van der Waals surface area contributed by atoms with Crippen LogP contribution in [0.5, 0.6) is 5.75 Å². The number of hydrogen-bond acceptors (Lipinski definition) is 3. The average Bonchev–Trinajstić information content (AvgIpc) is 2.48. The number of hydrogen-bond donors (Lipinski definition) is 1. The van der Waals surface area contributed by atoms with Crippen molar-refractivity contribution in [1.29, 1.82) is 0 Å². The molecule has 0 saturated heterocycles. The van der Waals surface area contributed by atoms with Crippen molar-refractivity contribution >= 4 is 0 Å². The van der Waals surface area contributed by atoms with Crippen LogP contribution in [0.1, 0.15) is 24.1 Å². The van der Waals surface area contributed by atoms with Crippen molar-refractivity contribution in [2.24, 2.45) is 0 Å². The summed E-state index contributed by atoms with van der Waals surface area (Å²) < 4.78 is 18.9. The fourth-order valence-electron chi connectivity index (χ4n) is 2.08. The van der Waals surface area contributed by atoms with Gasteiger partial charge in [0.05, 0.1) is 7.11 Å². The zero-order valence-corrected chi connectivity index (χ0v) is 11.8. The molecule has 2 rings (SSSR count). The lowest BCUT2D eigenvalue weighted by atomic mass is 10.1. The van der Waals surface area contributed by atoms with E-state index in [0.717, 1.165) is 13.0 Å². The number of rotatable bonds is 6. The number of nitrogens with one attached hydrogen (secondary N) is 1. The summed E-state index contributed by atoms with van der Waals surface area (Å²) >= 11 is 0. The van der Waals surface area contributed by atoms with E-state index in [1.54, 1.807) is 24.5 Å². The lowest BCUT2D eigenvalue weighted by Gasteiger charge is -2.15. The second-order valence-electron chi connectivity index (χ2n) is 4.67. The van der Waals surface area contributed by atoms with Crippen molar-refractivity contribution in [3.05, 3.63) is 59.7 Å². The van der Waals surface area contributed by atoms with E-state index >= 15 is 0 Å². The van der Waals surface area contributed by atoms with Gasteiger partial charge < -0.3 is 10.1 Å². The van der Waals surface area contributed by atoms with E-state index in [9.17, 15) is 4.39 Å². The zero-order valence-electron chi connectivity index (χ0n) is 11.8. The fraction of sp³-hybridized carbons (Fsp3) is 0.312. The minimum absolute atomic E-state index is 0.0391. The maximum atomic E-state index is 13.9. The topological polar surface area (TPSA) is 34.1 Å². The molecule has 1 heterocycles. The quantitative estimate of drug-likeness (QED) is 0.878. The smallest absolute Gasteiger partial charge is 0.131 e. The summed E-state index contributed by atoms with van der Waals surface area (Å²) in [6, 6.07) is 8.89. The molecular weight excluding hydrogens is 255 g/mol. The van der Waals surface area contributed by atoms with Crippen LogP contribution in [0, 0.1) is 5.82 Å².